The number of hydrogen-bond acceptors (Lipinski definition) is 5. The molecule has 1 heterocycles. The normalized spacial score (nSPS) is 10.5. The van der Waals surface area contributed by atoms with Gasteiger partial charge in [0.2, 0.25) is 11.9 Å². The minimum Gasteiger partial charge on any atom is -0.370 e. The van der Waals surface area contributed by atoms with Gasteiger partial charge in [-0.2, -0.15) is 4.98 Å². The smallest absolute Gasteiger partial charge is 0.222 e. The number of nitrogens with one attached hydrogen (secondary N) is 2. The van der Waals surface area contributed by atoms with Crippen molar-refractivity contribution in [3.05, 3.63) is 34.3 Å². The predicted molar refractivity (Wildman–Crippen MR) is 98.3 cm³/mol. The lowest BCUT2D eigenvalue weighted by Crippen LogP contribution is -2.21. The monoisotopic (exact) mass is 367 g/mol. The van der Waals surface area contributed by atoms with E-state index in [9.17, 15) is 4.79 Å². The molecular weight excluding hydrogens is 349 g/mol. The number of nitrogens with two attached hydrogens (primary N) is 1. The van der Waals surface area contributed by atoms with Crippen LogP contribution in [0.2, 0.25) is 10.0 Å². The van der Waals surface area contributed by atoms with Gasteiger partial charge in [0.05, 0.1) is 15.7 Å². The van der Waals surface area contributed by atoms with Crippen molar-refractivity contribution in [3.63, 3.8) is 0 Å². The van der Waals surface area contributed by atoms with Gasteiger partial charge in [0.15, 0.2) is 0 Å². The predicted octanol–water partition coefficient (Wildman–Crippen LogP) is 3.36. The highest BCUT2D eigenvalue weighted by atomic mass is 35.5. The molecule has 0 saturated carbocycles. The summed E-state index contributed by atoms with van der Waals surface area (Å²) in [5, 5.41) is 6.84. The summed E-state index contributed by atoms with van der Waals surface area (Å²) in [5.74, 6) is 0.756. The summed E-state index contributed by atoms with van der Waals surface area (Å²) in [5.41, 5.74) is 7.09. The fourth-order valence-corrected chi connectivity index (χ4v) is 2.52. The Labute approximate surface area is 150 Å². The zero-order valence-electron chi connectivity index (χ0n) is 13.3. The first-order chi connectivity index (χ1) is 11.5. The van der Waals surface area contributed by atoms with Crippen LogP contribution in [0.5, 0.6) is 0 Å². The maximum atomic E-state index is 10.8. The number of unbranched alkanes of at least 4 members (excludes halogenated alkanes) is 1. The molecule has 8 heteroatoms. The molecule has 0 aliphatic rings. The first-order valence-electron chi connectivity index (χ1n) is 7.54. The van der Waals surface area contributed by atoms with Crippen molar-refractivity contribution in [1.29, 1.82) is 0 Å². The van der Waals surface area contributed by atoms with Crippen molar-refractivity contribution in [2.24, 2.45) is 0 Å². The molecule has 0 saturated heterocycles. The molecule has 24 heavy (non-hydrogen) atoms. The van der Waals surface area contributed by atoms with E-state index >= 15 is 0 Å². The van der Waals surface area contributed by atoms with E-state index in [2.05, 4.69) is 20.6 Å². The van der Waals surface area contributed by atoms with Gasteiger partial charge in [-0.25, -0.2) is 4.98 Å². The number of carbonyl (C=O) groups is 1. The minimum atomic E-state index is -0.0189. The molecule has 0 aliphatic carbocycles. The van der Waals surface area contributed by atoms with Gasteiger partial charge in [-0.05, 0) is 18.9 Å². The molecule has 0 spiro atoms. The molecule has 0 unspecified atom stereocenters. The molecule has 6 nitrogen and oxygen atoms in total. The van der Waals surface area contributed by atoms with Gasteiger partial charge in [-0.3, -0.25) is 4.79 Å². The minimum absolute atomic E-state index is 0.0189. The summed E-state index contributed by atoms with van der Waals surface area (Å²) in [6.07, 6.45) is 1.76. The Balaban J connectivity index is 2.01. The highest BCUT2D eigenvalue weighted by Crippen LogP contribution is 2.33. The third kappa shape index (κ3) is 5.25. The summed E-state index contributed by atoms with van der Waals surface area (Å²) in [4.78, 5) is 19.2. The summed E-state index contributed by atoms with van der Waals surface area (Å²) < 4.78 is 0. The Bertz CT molecular complexity index is 724. The number of benzene rings is 1. The number of halogens is 2. The summed E-state index contributed by atoms with van der Waals surface area (Å²) in [6.45, 7) is 2.87. The van der Waals surface area contributed by atoms with E-state index in [1.165, 1.54) is 6.92 Å². The van der Waals surface area contributed by atoms with Crippen molar-refractivity contribution < 1.29 is 4.79 Å². The largest absolute Gasteiger partial charge is 0.370 e. The maximum Gasteiger partial charge on any atom is 0.222 e. The topological polar surface area (TPSA) is 92.9 Å². The van der Waals surface area contributed by atoms with Gasteiger partial charge >= 0.3 is 0 Å². The quantitative estimate of drug-likeness (QED) is 0.652. The Kier molecular flexibility index (Phi) is 6.63. The second-order valence-corrected chi connectivity index (χ2v) is 6.00. The number of aromatic nitrogens is 2. The van der Waals surface area contributed by atoms with Gasteiger partial charge in [-0.1, -0.05) is 35.3 Å². The molecule has 1 aromatic heterocycles. The van der Waals surface area contributed by atoms with Crippen molar-refractivity contribution >= 4 is 40.9 Å². The Morgan fingerprint density at radius 2 is 1.96 bits per heavy atom. The molecule has 1 amide bonds. The Hall–Kier alpha value is -2.05. The van der Waals surface area contributed by atoms with Crippen molar-refractivity contribution in [2.75, 3.05) is 24.1 Å². The van der Waals surface area contributed by atoms with E-state index in [0.29, 0.717) is 40.2 Å². The Morgan fingerprint density at radius 1 is 1.21 bits per heavy atom. The van der Waals surface area contributed by atoms with Crippen LogP contribution in [-0.4, -0.2) is 29.0 Å². The number of nitrogen functional groups attached to an aromatic ring is 1. The third-order valence-electron chi connectivity index (χ3n) is 3.25. The summed E-state index contributed by atoms with van der Waals surface area (Å²) >= 11 is 12.3. The van der Waals surface area contributed by atoms with Crippen LogP contribution in [-0.2, 0) is 4.79 Å². The zero-order chi connectivity index (χ0) is 17.5. The van der Waals surface area contributed by atoms with E-state index in [-0.39, 0.29) is 11.9 Å². The van der Waals surface area contributed by atoms with E-state index in [1.807, 2.05) is 6.07 Å². The highest BCUT2D eigenvalue weighted by Gasteiger charge is 2.10. The second-order valence-electron chi connectivity index (χ2n) is 5.21. The van der Waals surface area contributed by atoms with Crippen LogP contribution >= 0.6 is 23.2 Å². The van der Waals surface area contributed by atoms with Crippen LogP contribution in [0.25, 0.3) is 11.3 Å². The first kappa shape index (κ1) is 18.3. The summed E-state index contributed by atoms with van der Waals surface area (Å²) in [6, 6.07) is 7.12. The van der Waals surface area contributed by atoms with E-state index in [4.69, 9.17) is 28.9 Å². The van der Waals surface area contributed by atoms with Crippen LogP contribution in [0.1, 0.15) is 19.8 Å². The molecule has 128 valence electrons. The van der Waals surface area contributed by atoms with Crippen LogP contribution in [0.4, 0.5) is 11.8 Å². The number of carbonyl (C=O) groups excluding carboxylic acids is 1. The van der Waals surface area contributed by atoms with Crippen molar-refractivity contribution in [2.45, 2.75) is 19.8 Å². The third-order valence-corrected chi connectivity index (χ3v) is 4.07. The van der Waals surface area contributed by atoms with Gasteiger partial charge in [-0.15, -0.1) is 0 Å². The molecule has 0 fully saturated rings. The SMILES string of the molecule is CC(=O)NCCCCNc1cc(-c2cccc(Cl)c2Cl)nc(N)n1. The van der Waals surface area contributed by atoms with E-state index in [1.54, 1.807) is 18.2 Å². The molecule has 2 aromatic rings. The van der Waals surface area contributed by atoms with E-state index < -0.39 is 0 Å². The highest BCUT2D eigenvalue weighted by molar-refractivity contribution is 6.43. The zero-order valence-corrected chi connectivity index (χ0v) is 14.8. The molecule has 1 aromatic carbocycles. The second kappa shape index (κ2) is 8.70. The average Bonchev–Trinajstić information content (AvgIpc) is 2.52. The van der Waals surface area contributed by atoms with Crippen LogP contribution in [0.15, 0.2) is 24.3 Å². The molecule has 0 bridgehead atoms. The van der Waals surface area contributed by atoms with Gasteiger partial charge in [0, 0.05) is 31.6 Å². The first-order valence-corrected chi connectivity index (χ1v) is 8.30. The van der Waals surface area contributed by atoms with Gasteiger partial charge in [0.25, 0.3) is 0 Å². The van der Waals surface area contributed by atoms with Gasteiger partial charge < -0.3 is 16.4 Å². The van der Waals surface area contributed by atoms with Gasteiger partial charge in [0.1, 0.15) is 5.82 Å². The van der Waals surface area contributed by atoms with Crippen LogP contribution in [0.3, 0.4) is 0 Å². The number of hydrogen-bond donors (Lipinski definition) is 3. The Morgan fingerprint density at radius 3 is 2.71 bits per heavy atom. The lowest BCUT2D eigenvalue weighted by Gasteiger charge is -2.10. The molecule has 0 radical (unpaired) electrons. The number of rotatable bonds is 7. The average molecular weight is 368 g/mol. The van der Waals surface area contributed by atoms with Crippen molar-refractivity contribution in [3.8, 4) is 11.3 Å². The fourth-order valence-electron chi connectivity index (χ4n) is 2.13. The van der Waals surface area contributed by atoms with E-state index in [0.717, 1.165) is 12.8 Å². The fraction of sp³-hybridized carbons (Fsp3) is 0.312. The molecular formula is C16H19Cl2N5O. The maximum absolute atomic E-state index is 10.8. The van der Waals surface area contributed by atoms with Crippen LogP contribution in [0, 0.1) is 0 Å². The lowest BCUT2D eigenvalue weighted by atomic mass is 10.1. The molecule has 2 rings (SSSR count). The van der Waals surface area contributed by atoms with Crippen LogP contribution < -0.4 is 16.4 Å². The number of anilines is 2. The lowest BCUT2D eigenvalue weighted by molar-refractivity contribution is -0.118. The number of nitrogens with zero attached hydrogens (tertiary/aromatic N) is 2. The summed E-state index contributed by atoms with van der Waals surface area (Å²) in [7, 11) is 0. The molecule has 4 N–H and O–H groups in total. The van der Waals surface area contributed by atoms with Crippen molar-refractivity contribution in [1.82, 2.24) is 15.3 Å². The number of amides is 1. The standard InChI is InChI=1S/C16H19Cl2N5O/c1-10(24)20-7-2-3-8-21-14-9-13(22-16(19)23-14)11-5-4-6-12(17)15(11)18/h4-6,9H,2-3,7-8H2,1H3,(H,20,24)(H3,19,21,22,23). The molecule has 0 atom stereocenters. The molecule has 0 aliphatic heterocycles.